The molecule has 0 spiro atoms. The highest BCUT2D eigenvalue weighted by atomic mass is 19.2. The fourth-order valence-electron chi connectivity index (χ4n) is 2.03. The van der Waals surface area contributed by atoms with Gasteiger partial charge in [-0.2, -0.15) is 0 Å². The summed E-state index contributed by atoms with van der Waals surface area (Å²) < 4.78 is 25.9. The van der Waals surface area contributed by atoms with Crippen LogP contribution in [-0.4, -0.2) is 11.7 Å². The number of rotatable bonds is 4. The van der Waals surface area contributed by atoms with Crippen LogP contribution in [0.25, 0.3) is 0 Å². The van der Waals surface area contributed by atoms with Crippen LogP contribution in [0.15, 0.2) is 48.6 Å². The van der Waals surface area contributed by atoms with Gasteiger partial charge in [0.05, 0.1) is 0 Å². The molecule has 0 fully saturated rings. The normalized spacial score (nSPS) is 10.8. The van der Waals surface area contributed by atoms with Gasteiger partial charge in [-0.25, -0.2) is 8.78 Å². The van der Waals surface area contributed by atoms with Gasteiger partial charge in [0.25, 0.3) is 0 Å². The molecule has 0 heterocycles. The van der Waals surface area contributed by atoms with Gasteiger partial charge in [-0.15, -0.1) is 0 Å². The first-order valence-electron chi connectivity index (χ1n) is 6.92. The molecule has 1 amide bonds. The Morgan fingerprint density at radius 3 is 2.35 bits per heavy atom. The van der Waals surface area contributed by atoms with E-state index in [0.29, 0.717) is 5.69 Å². The van der Waals surface area contributed by atoms with E-state index in [2.05, 4.69) is 5.32 Å². The predicted molar refractivity (Wildman–Crippen MR) is 84.4 cm³/mol. The molecule has 1 N–H and O–H groups in total. The lowest BCUT2D eigenvalue weighted by Gasteiger charge is -2.06. The summed E-state index contributed by atoms with van der Waals surface area (Å²) in [5.74, 6) is -3.20. The summed E-state index contributed by atoms with van der Waals surface area (Å²) in [7, 11) is 0. The Morgan fingerprint density at radius 2 is 1.70 bits per heavy atom. The second kappa shape index (κ2) is 6.96. The summed E-state index contributed by atoms with van der Waals surface area (Å²) in [6.07, 6.45) is 2.08. The van der Waals surface area contributed by atoms with E-state index in [1.165, 1.54) is 0 Å². The minimum atomic E-state index is -1.11. The molecule has 2 aromatic rings. The molecule has 3 nitrogen and oxygen atoms in total. The first-order valence-corrected chi connectivity index (χ1v) is 6.92. The largest absolute Gasteiger partial charge is 0.322 e. The molecule has 2 aromatic carbocycles. The van der Waals surface area contributed by atoms with Crippen LogP contribution in [0.5, 0.6) is 0 Å². The molecule has 0 bridgehead atoms. The molecule has 0 saturated carbocycles. The first-order chi connectivity index (χ1) is 10.9. The number of ketones is 1. The summed E-state index contributed by atoms with van der Waals surface area (Å²) >= 11 is 0. The molecular weight excluding hydrogens is 300 g/mol. The number of hydrogen-bond donors (Lipinski definition) is 1. The van der Waals surface area contributed by atoms with Crippen LogP contribution in [0.2, 0.25) is 0 Å². The van der Waals surface area contributed by atoms with Crippen molar-refractivity contribution in [2.45, 2.75) is 13.8 Å². The van der Waals surface area contributed by atoms with Gasteiger partial charge >= 0.3 is 0 Å². The maximum absolute atomic E-state index is 13.1. The van der Waals surface area contributed by atoms with Crippen LogP contribution in [-0.2, 0) is 4.79 Å². The van der Waals surface area contributed by atoms with Crippen molar-refractivity contribution in [1.82, 2.24) is 0 Å². The molecule has 0 aliphatic heterocycles. The van der Waals surface area contributed by atoms with E-state index in [-0.39, 0.29) is 5.56 Å². The van der Waals surface area contributed by atoms with Gasteiger partial charge in [0.15, 0.2) is 17.4 Å². The Bertz CT molecular complexity index is 798. The second-order valence-electron chi connectivity index (χ2n) is 5.13. The van der Waals surface area contributed by atoms with Crippen LogP contribution in [0.3, 0.4) is 0 Å². The fourth-order valence-corrected chi connectivity index (χ4v) is 2.03. The number of anilines is 1. The molecule has 0 radical (unpaired) electrons. The van der Waals surface area contributed by atoms with Gasteiger partial charge in [0.1, 0.15) is 0 Å². The second-order valence-corrected chi connectivity index (χ2v) is 5.13. The van der Waals surface area contributed by atoms with E-state index in [1.807, 2.05) is 26.0 Å². The summed E-state index contributed by atoms with van der Waals surface area (Å²) in [4.78, 5) is 23.6. The molecule has 118 valence electrons. The Kier molecular flexibility index (Phi) is 5.01. The lowest BCUT2D eigenvalue weighted by atomic mass is 10.1. The Balaban J connectivity index is 2.05. The Morgan fingerprint density at radius 1 is 0.957 bits per heavy atom. The Labute approximate surface area is 132 Å². The van der Waals surface area contributed by atoms with Crippen molar-refractivity contribution in [2.75, 3.05) is 5.32 Å². The first kappa shape index (κ1) is 16.5. The number of carbonyl (C=O) groups is 2. The van der Waals surface area contributed by atoms with Gasteiger partial charge in [-0.1, -0.05) is 17.7 Å². The lowest BCUT2D eigenvalue weighted by molar-refractivity contribution is -0.111. The molecule has 0 aliphatic rings. The average Bonchev–Trinajstić information content (AvgIpc) is 2.50. The molecule has 5 heteroatoms. The molecule has 0 saturated heterocycles. The number of allylic oxidation sites excluding steroid dienone is 1. The average molecular weight is 315 g/mol. The maximum atomic E-state index is 13.1. The van der Waals surface area contributed by atoms with Gasteiger partial charge in [-0.3, -0.25) is 9.59 Å². The van der Waals surface area contributed by atoms with Crippen molar-refractivity contribution in [3.8, 4) is 0 Å². The number of amides is 1. The highest BCUT2D eigenvalue weighted by Gasteiger charge is 2.08. The molecule has 0 unspecified atom stereocenters. The zero-order valence-corrected chi connectivity index (χ0v) is 12.7. The number of nitrogens with one attached hydrogen (secondary N) is 1. The van der Waals surface area contributed by atoms with Crippen molar-refractivity contribution in [3.05, 3.63) is 76.9 Å². The van der Waals surface area contributed by atoms with Gasteiger partial charge in [0.2, 0.25) is 5.91 Å². The van der Waals surface area contributed by atoms with E-state index in [9.17, 15) is 18.4 Å². The number of aryl methyl sites for hydroxylation is 2. The van der Waals surface area contributed by atoms with Crippen molar-refractivity contribution < 1.29 is 18.4 Å². The minimum absolute atomic E-state index is 0.0283. The van der Waals surface area contributed by atoms with Crippen molar-refractivity contribution in [2.24, 2.45) is 0 Å². The maximum Gasteiger partial charge on any atom is 0.248 e. The fraction of sp³-hybridized carbons (Fsp3) is 0.111. The molecule has 23 heavy (non-hydrogen) atoms. The van der Waals surface area contributed by atoms with Gasteiger partial charge in [-0.05, 0) is 49.8 Å². The molecular formula is C18H15F2NO2. The van der Waals surface area contributed by atoms with Crippen molar-refractivity contribution in [1.29, 1.82) is 0 Å². The van der Waals surface area contributed by atoms with E-state index in [0.717, 1.165) is 41.5 Å². The van der Waals surface area contributed by atoms with E-state index in [1.54, 1.807) is 6.07 Å². The number of benzene rings is 2. The van der Waals surface area contributed by atoms with Crippen LogP contribution in [0, 0.1) is 25.5 Å². The molecule has 0 aliphatic carbocycles. The zero-order chi connectivity index (χ0) is 17.0. The smallest absolute Gasteiger partial charge is 0.248 e. The predicted octanol–water partition coefficient (Wildman–Crippen LogP) is 3.96. The molecule has 2 rings (SSSR count). The van der Waals surface area contributed by atoms with Crippen molar-refractivity contribution >= 4 is 17.4 Å². The van der Waals surface area contributed by atoms with Crippen LogP contribution in [0.1, 0.15) is 21.5 Å². The standard InChI is InChI=1S/C18H15F2NO2/c1-11-3-6-16(12(2)9-11)21-18(23)8-7-17(22)13-4-5-14(19)15(20)10-13/h3-10H,1-2H3,(H,21,23)/b8-7+. The third-order valence-electron chi connectivity index (χ3n) is 3.23. The molecule has 0 aromatic heterocycles. The van der Waals surface area contributed by atoms with Crippen LogP contribution < -0.4 is 5.32 Å². The SMILES string of the molecule is Cc1ccc(NC(=O)/C=C/C(=O)c2ccc(F)c(F)c2)c(C)c1. The molecule has 0 atom stereocenters. The number of hydrogen-bond acceptors (Lipinski definition) is 2. The number of halogens is 2. The highest BCUT2D eigenvalue weighted by Crippen LogP contribution is 2.16. The van der Waals surface area contributed by atoms with Crippen molar-refractivity contribution in [3.63, 3.8) is 0 Å². The van der Waals surface area contributed by atoms with E-state index < -0.39 is 23.3 Å². The summed E-state index contributed by atoms with van der Waals surface area (Å²) in [5.41, 5.74) is 2.59. The Hall–Kier alpha value is -2.82. The lowest BCUT2D eigenvalue weighted by Crippen LogP contribution is -2.10. The summed E-state index contributed by atoms with van der Waals surface area (Å²) in [6, 6.07) is 8.38. The topological polar surface area (TPSA) is 46.2 Å². The van der Waals surface area contributed by atoms with E-state index >= 15 is 0 Å². The third-order valence-corrected chi connectivity index (χ3v) is 3.23. The number of carbonyl (C=O) groups excluding carboxylic acids is 2. The zero-order valence-electron chi connectivity index (χ0n) is 12.7. The van der Waals surface area contributed by atoms with Gasteiger partial charge < -0.3 is 5.32 Å². The third kappa shape index (κ3) is 4.32. The summed E-state index contributed by atoms with van der Waals surface area (Å²) in [6.45, 7) is 3.80. The highest BCUT2D eigenvalue weighted by molar-refractivity contribution is 6.09. The van der Waals surface area contributed by atoms with Crippen LogP contribution in [0.4, 0.5) is 14.5 Å². The quantitative estimate of drug-likeness (QED) is 0.686. The van der Waals surface area contributed by atoms with Crippen LogP contribution >= 0.6 is 0 Å². The van der Waals surface area contributed by atoms with Gasteiger partial charge in [0, 0.05) is 17.3 Å². The summed E-state index contributed by atoms with van der Waals surface area (Å²) in [5, 5.41) is 2.65. The minimum Gasteiger partial charge on any atom is -0.322 e. The van der Waals surface area contributed by atoms with E-state index in [4.69, 9.17) is 0 Å². The monoisotopic (exact) mass is 315 g/mol.